The summed E-state index contributed by atoms with van der Waals surface area (Å²) in [6, 6.07) is 25.9. The maximum atomic E-state index is 12.8. The minimum atomic E-state index is -5.08. The number of Topliss-reactive ketones (excluding diaryl/α,β-unsaturated/α-hetero) is 1. The molecule has 0 bridgehead atoms. The van der Waals surface area contributed by atoms with Crippen LogP contribution in [0.3, 0.4) is 0 Å². The number of carboxylic acid groups (broad SMARTS) is 3. The van der Waals surface area contributed by atoms with Gasteiger partial charge in [0.1, 0.15) is 0 Å². The van der Waals surface area contributed by atoms with Crippen molar-refractivity contribution in [2.24, 2.45) is 0 Å². The lowest BCUT2D eigenvalue weighted by molar-refractivity contribution is -0.193. The average Bonchev–Trinajstić information content (AvgIpc) is 3.38. The van der Waals surface area contributed by atoms with Crippen LogP contribution in [0.2, 0.25) is 0 Å². The van der Waals surface area contributed by atoms with E-state index in [9.17, 15) is 44.3 Å². The molecule has 0 aliphatic carbocycles. The maximum absolute atomic E-state index is 12.8. The van der Waals surface area contributed by atoms with Gasteiger partial charge in [-0.15, -0.1) is 0 Å². The predicted octanol–water partition coefficient (Wildman–Crippen LogP) is 6.72. The fourth-order valence-corrected chi connectivity index (χ4v) is 5.32. The first-order chi connectivity index (χ1) is 26.1. The first-order valence-electron chi connectivity index (χ1n) is 16.9. The lowest BCUT2D eigenvalue weighted by Gasteiger charge is -2.34. The molecule has 2 heterocycles. The van der Waals surface area contributed by atoms with Gasteiger partial charge in [-0.2, -0.15) is 39.5 Å². The van der Waals surface area contributed by atoms with Gasteiger partial charge in [-0.3, -0.25) is 9.69 Å². The molecule has 0 amide bonds. The zero-order chi connectivity index (χ0) is 42.1. The minimum absolute atomic E-state index is 0.294. The van der Waals surface area contributed by atoms with Gasteiger partial charge in [-0.05, 0) is 72.8 Å². The van der Waals surface area contributed by atoms with Crippen molar-refractivity contribution in [3.63, 3.8) is 0 Å². The zero-order valence-electron chi connectivity index (χ0n) is 29.7. The first-order valence-corrected chi connectivity index (χ1v) is 16.9. The lowest BCUT2D eigenvalue weighted by atomic mass is 9.97. The van der Waals surface area contributed by atoms with Gasteiger partial charge in [-0.25, -0.2) is 14.4 Å². The van der Waals surface area contributed by atoms with E-state index in [0.717, 1.165) is 77.2 Å². The number of alkyl halides is 9. The molecule has 19 heteroatoms. The molecule has 3 aromatic carbocycles. The molecule has 1 fully saturated rings. The molecule has 5 rings (SSSR count). The fraction of sp³-hybridized carbons (Fsp3) is 0.405. The van der Waals surface area contributed by atoms with Crippen LogP contribution in [0.5, 0.6) is 0 Å². The second kappa shape index (κ2) is 21.9. The van der Waals surface area contributed by atoms with Crippen LogP contribution in [0.25, 0.3) is 11.1 Å². The first kappa shape index (κ1) is 47.1. The zero-order valence-corrected chi connectivity index (χ0v) is 29.7. The van der Waals surface area contributed by atoms with Gasteiger partial charge < -0.3 is 25.5 Å². The number of fused-ring (bicyclic) bond motifs is 1. The van der Waals surface area contributed by atoms with Gasteiger partial charge in [0.15, 0.2) is 5.78 Å². The third kappa shape index (κ3) is 17.6. The second-order valence-corrected chi connectivity index (χ2v) is 12.3. The number of nitrogens with zero attached hydrogens (tertiary/aromatic N) is 2. The molecular weight excluding hydrogens is 769 g/mol. The highest BCUT2D eigenvalue weighted by atomic mass is 19.4. The Morgan fingerprint density at radius 1 is 0.589 bits per heavy atom. The number of hydrogen-bond donors (Lipinski definition) is 4. The van der Waals surface area contributed by atoms with Crippen LogP contribution >= 0.6 is 0 Å². The Morgan fingerprint density at radius 3 is 1.52 bits per heavy atom. The SMILES string of the molecule is O=C(CCCN1CCN(Cc2ccc(-c3ccccc3)cc2)CC1)c1ccc2c(c1)CCNCC2.O=C(O)C(F)(F)F.O=C(O)C(F)(F)F.O=C(O)C(F)(F)F. The van der Waals surface area contributed by atoms with Crippen LogP contribution in [-0.2, 0) is 33.8 Å². The van der Waals surface area contributed by atoms with Gasteiger partial charge >= 0.3 is 36.4 Å². The third-order valence-electron chi connectivity index (χ3n) is 8.21. The summed E-state index contributed by atoms with van der Waals surface area (Å²) < 4.78 is 95.2. The van der Waals surface area contributed by atoms with E-state index in [2.05, 4.69) is 81.8 Å². The summed E-state index contributed by atoms with van der Waals surface area (Å²) in [4.78, 5) is 44.5. The van der Waals surface area contributed by atoms with Gasteiger partial charge in [0, 0.05) is 44.7 Å². The molecule has 0 aromatic heterocycles. The van der Waals surface area contributed by atoms with E-state index in [4.69, 9.17) is 29.7 Å². The normalized spacial score (nSPS) is 14.9. The Labute approximate surface area is 315 Å². The molecule has 1 saturated heterocycles. The van der Waals surface area contributed by atoms with Crippen LogP contribution in [-0.4, -0.2) is 113 Å². The largest absolute Gasteiger partial charge is 0.490 e. The van der Waals surface area contributed by atoms with Gasteiger partial charge in [0.05, 0.1) is 0 Å². The Kier molecular flexibility index (Phi) is 18.4. The molecule has 2 aliphatic heterocycles. The number of piperazine rings is 1. The molecule has 3 aromatic rings. The fourth-order valence-electron chi connectivity index (χ4n) is 5.32. The smallest absolute Gasteiger partial charge is 0.475 e. The van der Waals surface area contributed by atoms with E-state index in [1.165, 1.54) is 27.8 Å². The van der Waals surface area contributed by atoms with E-state index in [1.807, 2.05) is 6.07 Å². The van der Waals surface area contributed by atoms with Crippen molar-refractivity contribution in [2.75, 3.05) is 45.8 Å². The minimum Gasteiger partial charge on any atom is -0.475 e. The molecule has 10 nitrogen and oxygen atoms in total. The van der Waals surface area contributed by atoms with Crippen molar-refractivity contribution in [1.29, 1.82) is 0 Å². The Morgan fingerprint density at radius 2 is 1.04 bits per heavy atom. The maximum Gasteiger partial charge on any atom is 0.490 e. The van der Waals surface area contributed by atoms with Crippen LogP contribution < -0.4 is 5.32 Å². The monoisotopic (exact) mass is 809 g/mol. The van der Waals surface area contributed by atoms with Crippen LogP contribution in [0.1, 0.15) is 39.9 Å². The van der Waals surface area contributed by atoms with Gasteiger partial charge in [-0.1, -0.05) is 66.7 Å². The number of halogens is 9. The number of benzene rings is 3. The van der Waals surface area contributed by atoms with Crippen molar-refractivity contribution < 1.29 is 74.0 Å². The van der Waals surface area contributed by atoms with Crippen molar-refractivity contribution in [2.45, 2.75) is 50.8 Å². The highest BCUT2D eigenvalue weighted by Crippen LogP contribution is 2.21. The summed E-state index contributed by atoms with van der Waals surface area (Å²) in [5.74, 6) is -7.98. The van der Waals surface area contributed by atoms with E-state index in [-0.39, 0.29) is 0 Å². The molecule has 0 radical (unpaired) electrons. The molecular formula is C37H40F9N3O7. The highest BCUT2D eigenvalue weighted by molar-refractivity contribution is 5.96. The number of rotatable bonds is 8. The Hall–Kier alpha value is -5.01. The second-order valence-electron chi connectivity index (χ2n) is 12.3. The summed E-state index contributed by atoms with van der Waals surface area (Å²) in [7, 11) is 0. The highest BCUT2D eigenvalue weighted by Gasteiger charge is 2.39. The standard InChI is InChI=1S/C31H37N3O.3C2HF3O2/c35-31(30-13-12-28-14-16-32-17-15-29(28)23-30)7-4-18-33-19-21-34(22-20-33)24-25-8-10-27(11-9-25)26-5-2-1-3-6-26;3*3-2(4,5)1(6)7/h1-3,5-6,8-13,23,32H,4,7,14-22,24H2;3*(H,6,7). The van der Waals surface area contributed by atoms with E-state index < -0.39 is 36.4 Å². The van der Waals surface area contributed by atoms with E-state index >= 15 is 0 Å². The van der Waals surface area contributed by atoms with E-state index in [0.29, 0.717) is 12.2 Å². The van der Waals surface area contributed by atoms with Gasteiger partial charge in [0.2, 0.25) is 0 Å². The van der Waals surface area contributed by atoms with Crippen molar-refractivity contribution in [3.05, 3.63) is 95.1 Å². The number of carboxylic acids is 3. The number of hydrogen-bond acceptors (Lipinski definition) is 7. The molecule has 0 spiro atoms. The molecule has 0 unspecified atom stereocenters. The van der Waals surface area contributed by atoms with Crippen LogP contribution in [0, 0.1) is 0 Å². The molecule has 0 atom stereocenters. The number of carbonyl (C=O) groups is 4. The summed E-state index contributed by atoms with van der Waals surface area (Å²) in [6.07, 6.45) is -11.6. The summed E-state index contributed by atoms with van der Waals surface area (Å²) >= 11 is 0. The van der Waals surface area contributed by atoms with Crippen molar-refractivity contribution >= 4 is 23.7 Å². The van der Waals surface area contributed by atoms with Crippen molar-refractivity contribution in [1.82, 2.24) is 15.1 Å². The van der Waals surface area contributed by atoms with E-state index in [1.54, 1.807) is 0 Å². The summed E-state index contributed by atoms with van der Waals surface area (Å²) in [5, 5.41) is 24.8. The average molecular weight is 810 g/mol. The number of nitrogens with one attached hydrogen (secondary N) is 1. The summed E-state index contributed by atoms with van der Waals surface area (Å²) in [5.41, 5.74) is 7.57. The van der Waals surface area contributed by atoms with Crippen LogP contribution in [0.15, 0.2) is 72.8 Å². The number of ketones is 1. The molecule has 2 aliphatic rings. The number of carbonyl (C=O) groups excluding carboxylic acids is 1. The molecule has 4 N–H and O–H groups in total. The number of aliphatic carboxylic acids is 3. The predicted molar refractivity (Wildman–Crippen MR) is 185 cm³/mol. The quantitative estimate of drug-likeness (QED) is 0.143. The molecule has 308 valence electrons. The van der Waals surface area contributed by atoms with Gasteiger partial charge in [0.25, 0.3) is 0 Å². The Bertz CT molecular complexity index is 1650. The van der Waals surface area contributed by atoms with Crippen molar-refractivity contribution in [3.8, 4) is 11.1 Å². The third-order valence-corrected chi connectivity index (χ3v) is 8.21. The molecule has 0 saturated carbocycles. The summed E-state index contributed by atoms with van der Waals surface area (Å²) in [6.45, 7) is 8.42. The van der Waals surface area contributed by atoms with Crippen LogP contribution in [0.4, 0.5) is 39.5 Å². The Balaban J connectivity index is 0.000000423. The topological polar surface area (TPSA) is 147 Å². The molecule has 56 heavy (non-hydrogen) atoms. The lowest BCUT2D eigenvalue weighted by Crippen LogP contribution is -2.46.